The summed E-state index contributed by atoms with van der Waals surface area (Å²) in [5.74, 6) is 1.65. The van der Waals surface area contributed by atoms with Crippen molar-refractivity contribution in [2.75, 3.05) is 18.0 Å². The molecule has 18 heavy (non-hydrogen) atoms. The summed E-state index contributed by atoms with van der Waals surface area (Å²) in [4.78, 5) is 2.22. The van der Waals surface area contributed by atoms with E-state index in [4.69, 9.17) is 0 Å². The van der Waals surface area contributed by atoms with Crippen LogP contribution in [-0.4, -0.2) is 13.1 Å². The molecule has 1 aliphatic carbocycles. The SMILES string of the molecule is CCC.CCc1ccc(F)c(N2CC3CC3C2)c1. The third kappa shape index (κ3) is 2.85. The van der Waals surface area contributed by atoms with Crippen LogP contribution in [-0.2, 0) is 6.42 Å². The second-order valence-electron chi connectivity index (χ2n) is 5.51. The van der Waals surface area contributed by atoms with E-state index in [-0.39, 0.29) is 5.82 Å². The van der Waals surface area contributed by atoms with Gasteiger partial charge >= 0.3 is 0 Å². The summed E-state index contributed by atoms with van der Waals surface area (Å²) < 4.78 is 13.7. The summed E-state index contributed by atoms with van der Waals surface area (Å²) in [5.41, 5.74) is 2.05. The number of rotatable bonds is 2. The van der Waals surface area contributed by atoms with Gasteiger partial charge in [0.25, 0.3) is 0 Å². The largest absolute Gasteiger partial charge is 0.369 e. The number of anilines is 1. The zero-order valence-electron chi connectivity index (χ0n) is 11.7. The summed E-state index contributed by atoms with van der Waals surface area (Å²) in [7, 11) is 0. The van der Waals surface area contributed by atoms with Crippen molar-refractivity contribution in [3.05, 3.63) is 29.6 Å². The van der Waals surface area contributed by atoms with Crippen LogP contribution >= 0.6 is 0 Å². The lowest BCUT2D eigenvalue weighted by Crippen LogP contribution is -2.23. The van der Waals surface area contributed by atoms with Crippen molar-refractivity contribution in [1.29, 1.82) is 0 Å². The van der Waals surface area contributed by atoms with Crippen LogP contribution in [0.2, 0.25) is 0 Å². The van der Waals surface area contributed by atoms with E-state index in [0.717, 1.165) is 37.0 Å². The molecule has 0 amide bonds. The summed E-state index contributed by atoms with van der Waals surface area (Å²) >= 11 is 0. The number of piperidine rings is 1. The normalized spacial score (nSPS) is 24.3. The maximum atomic E-state index is 13.7. The van der Waals surface area contributed by atoms with E-state index in [1.54, 1.807) is 6.07 Å². The summed E-state index contributed by atoms with van der Waals surface area (Å²) in [6.45, 7) is 8.49. The van der Waals surface area contributed by atoms with Crippen LogP contribution in [0, 0.1) is 17.7 Å². The van der Waals surface area contributed by atoms with Gasteiger partial charge in [0, 0.05) is 13.1 Å². The first kappa shape index (κ1) is 13.4. The van der Waals surface area contributed by atoms with Crippen LogP contribution in [0.3, 0.4) is 0 Å². The first-order valence-corrected chi connectivity index (χ1v) is 7.22. The molecule has 1 saturated carbocycles. The van der Waals surface area contributed by atoms with E-state index in [1.165, 1.54) is 18.4 Å². The van der Waals surface area contributed by atoms with Gasteiger partial charge in [0.15, 0.2) is 0 Å². The minimum atomic E-state index is -0.0616. The summed E-state index contributed by atoms with van der Waals surface area (Å²) in [6, 6.07) is 5.51. The molecule has 1 aliphatic heterocycles. The number of fused-ring (bicyclic) bond motifs is 1. The topological polar surface area (TPSA) is 3.24 Å². The zero-order chi connectivity index (χ0) is 13.1. The molecule has 1 nitrogen and oxygen atoms in total. The molecule has 1 saturated heterocycles. The number of aryl methyl sites for hydroxylation is 1. The molecular weight excluding hydrogens is 225 g/mol. The van der Waals surface area contributed by atoms with Gasteiger partial charge in [-0.1, -0.05) is 33.3 Å². The van der Waals surface area contributed by atoms with E-state index < -0.39 is 0 Å². The Morgan fingerprint density at radius 3 is 2.33 bits per heavy atom. The molecule has 0 N–H and O–H groups in total. The number of nitrogens with zero attached hydrogens (tertiary/aromatic N) is 1. The number of halogens is 1. The van der Waals surface area contributed by atoms with Crippen LogP contribution in [0.1, 0.15) is 39.2 Å². The van der Waals surface area contributed by atoms with E-state index in [2.05, 4.69) is 25.7 Å². The molecule has 1 aromatic carbocycles. The quantitative estimate of drug-likeness (QED) is 0.757. The van der Waals surface area contributed by atoms with E-state index >= 15 is 0 Å². The highest BCUT2D eigenvalue weighted by atomic mass is 19.1. The summed E-state index contributed by atoms with van der Waals surface area (Å²) in [6.07, 6.45) is 3.60. The van der Waals surface area contributed by atoms with Gasteiger partial charge < -0.3 is 4.90 Å². The Morgan fingerprint density at radius 2 is 1.78 bits per heavy atom. The van der Waals surface area contributed by atoms with Crippen molar-refractivity contribution in [2.45, 2.75) is 40.0 Å². The maximum absolute atomic E-state index is 13.7. The lowest BCUT2D eigenvalue weighted by molar-refractivity contribution is 0.618. The Balaban J connectivity index is 0.000000367. The van der Waals surface area contributed by atoms with Crippen LogP contribution in [0.4, 0.5) is 10.1 Å². The molecule has 0 aromatic heterocycles. The van der Waals surface area contributed by atoms with Gasteiger partial charge in [0.2, 0.25) is 0 Å². The molecule has 0 radical (unpaired) electrons. The number of hydrogen-bond acceptors (Lipinski definition) is 1. The lowest BCUT2D eigenvalue weighted by Gasteiger charge is -2.21. The van der Waals surface area contributed by atoms with Gasteiger partial charge in [-0.05, 0) is 42.4 Å². The Hall–Kier alpha value is -1.05. The molecule has 0 spiro atoms. The minimum Gasteiger partial charge on any atom is -0.369 e. The minimum absolute atomic E-state index is 0.0616. The molecule has 100 valence electrons. The Labute approximate surface area is 110 Å². The fourth-order valence-electron chi connectivity index (χ4n) is 2.62. The van der Waals surface area contributed by atoms with Crippen LogP contribution < -0.4 is 4.90 Å². The van der Waals surface area contributed by atoms with Crippen molar-refractivity contribution in [3.8, 4) is 0 Å². The van der Waals surface area contributed by atoms with Crippen LogP contribution in [0.25, 0.3) is 0 Å². The predicted octanol–water partition coefficient (Wildman–Crippen LogP) is 4.26. The van der Waals surface area contributed by atoms with Gasteiger partial charge in [-0.3, -0.25) is 0 Å². The van der Waals surface area contributed by atoms with E-state index in [1.807, 2.05) is 12.1 Å². The first-order valence-electron chi connectivity index (χ1n) is 7.22. The average Bonchev–Trinajstić information content (AvgIpc) is 2.98. The Morgan fingerprint density at radius 1 is 1.17 bits per heavy atom. The Bertz CT molecular complexity index is 392. The number of hydrogen-bond donors (Lipinski definition) is 0. The second-order valence-corrected chi connectivity index (χ2v) is 5.51. The van der Waals surface area contributed by atoms with E-state index in [0.29, 0.717) is 0 Å². The molecule has 2 atom stereocenters. The molecule has 2 fully saturated rings. The molecule has 3 rings (SSSR count). The number of benzene rings is 1. The van der Waals surface area contributed by atoms with Crippen LogP contribution in [0.15, 0.2) is 18.2 Å². The monoisotopic (exact) mass is 249 g/mol. The lowest BCUT2D eigenvalue weighted by atomic mass is 10.1. The molecule has 1 aromatic rings. The first-order chi connectivity index (χ1) is 8.69. The van der Waals surface area contributed by atoms with Gasteiger partial charge in [0.1, 0.15) is 5.82 Å². The summed E-state index contributed by atoms with van der Waals surface area (Å²) in [5, 5.41) is 0. The zero-order valence-corrected chi connectivity index (χ0v) is 11.7. The highest BCUT2D eigenvalue weighted by molar-refractivity contribution is 5.52. The van der Waals surface area contributed by atoms with Gasteiger partial charge in [-0.25, -0.2) is 4.39 Å². The highest BCUT2D eigenvalue weighted by Crippen LogP contribution is 2.46. The molecule has 2 aliphatic rings. The van der Waals surface area contributed by atoms with Crippen molar-refractivity contribution in [1.82, 2.24) is 0 Å². The van der Waals surface area contributed by atoms with E-state index in [9.17, 15) is 4.39 Å². The molecular formula is C16H24FN. The third-order valence-electron chi connectivity index (χ3n) is 3.74. The fourth-order valence-corrected chi connectivity index (χ4v) is 2.62. The fraction of sp³-hybridized carbons (Fsp3) is 0.625. The van der Waals surface area contributed by atoms with Crippen LogP contribution in [0.5, 0.6) is 0 Å². The van der Waals surface area contributed by atoms with Crippen molar-refractivity contribution >= 4 is 5.69 Å². The van der Waals surface area contributed by atoms with Gasteiger partial charge in [-0.2, -0.15) is 0 Å². The smallest absolute Gasteiger partial charge is 0.146 e. The third-order valence-corrected chi connectivity index (χ3v) is 3.74. The second kappa shape index (κ2) is 5.73. The van der Waals surface area contributed by atoms with Crippen molar-refractivity contribution in [3.63, 3.8) is 0 Å². The molecule has 2 heteroatoms. The predicted molar refractivity (Wildman–Crippen MR) is 75.6 cm³/mol. The van der Waals surface area contributed by atoms with Gasteiger partial charge in [-0.15, -0.1) is 0 Å². The maximum Gasteiger partial charge on any atom is 0.146 e. The van der Waals surface area contributed by atoms with Crippen molar-refractivity contribution in [2.24, 2.45) is 11.8 Å². The molecule has 1 heterocycles. The van der Waals surface area contributed by atoms with Gasteiger partial charge in [0.05, 0.1) is 5.69 Å². The average molecular weight is 249 g/mol. The Kier molecular flexibility index (Phi) is 4.26. The molecule has 0 bridgehead atoms. The standard InChI is InChI=1S/C13H16FN.C3H8/c1-2-9-3-4-12(14)13(5-9)15-7-10-6-11(10)8-15;1-3-2/h3-5,10-11H,2,6-8H2,1H3;3H2,1-2H3. The highest BCUT2D eigenvalue weighted by Gasteiger charge is 2.45. The molecule has 2 unspecified atom stereocenters. The van der Waals surface area contributed by atoms with Crippen molar-refractivity contribution < 1.29 is 4.39 Å².